The fourth-order valence-corrected chi connectivity index (χ4v) is 2.81. The summed E-state index contributed by atoms with van der Waals surface area (Å²) in [4.78, 5) is 22.5. The summed E-state index contributed by atoms with van der Waals surface area (Å²) >= 11 is 6.18. The Morgan fingerprint density at radius 2 is 2.04 bits per heavy atom. The van der Waals surface area contributed by atoms with Crippen LogP contribution in [0, 0.1) is 24.0 Å². The zero-order valence-corrected chi connectivity index (χ0v) is 15.5. The van der Waals surface area contributed by atoms with Gasteiger partial charge in [0.2, 0.25) is 5.91 Å². The van der Waals surface area contributed by atoms with Crippen LogP contribution in [-0.4, -0.2) is 30.4 Å². The molecule has 1 amide bonds. The third kappa shape index (κ3) is 4.32. The molecule has 140 valence electrons. The molecule has 10 heteroatoms. The number of carbonyl (C=O) groups excluding carboxylic acids is 1. The van der Waals surface area contributed by atoms with Gasteiger partial charge in [-0.05, 0) is 25.5 Å². The van der Waals surface area contributed by atoms with E-state index in [1.54, 1.807) is 10.7 Å². The van der Waals surface area contributed by atoms with E-state index in [1.807, 2.05) is 31.2 Å². The molecule has 0 aliphatic rings. The Morgan fingerprint density at radius 1 is 1.30 bits per heavy atom. The van der Waals surface area contributed by atoms with E-state index in [1.165, 1.54) is 17.8 Å². The molecular formula is C17H17ClN6O3. The van der Waals surface area contributed by atoms with Crippen LogP contribution < -0.4 is 5.32 Å². The van der Waals surface area contributed by atoms with Gasteiger partial charge < -0.3 is 5.32 Å². The molecule has 1 aromatic carbocycles. The van der Waals surface area contributed by atoms with Gasteiger partial charge in [-0.1, -0.05) is 29.8 Å². The van der Waals surface area contributed by atoms with Crippen LogP contribution in [0.2, 0.25) is 5.02 Å². The Bertz CT molecular complexity index is 1010. The number of nitrogens with one attached hydrogen (secondary N) is 1. The molecule has 0 fully saturated rings. The molecule has 0 bridgehead atoms. The highest BCUT2D eigenvalue weighted by Crippen LogP contribution is 2.18. The second-order valence-corrected chi connectivity index (χ2v) is 6.43. The topological polar surface area (TPSA) is 108 Å². The Labute approximate surface area is 159 Å². The van der Waals surface area contributed by atoms with Crippen molar-refractivity contribution in [3.63, 3.8) is 0 Å². The van der Waals surface area contributed by atoms with E-state index < -0.39 is 4.92 Å². The van der Waals surface area contributed by atoms with E-state index >= 15 is 0 Å². The lowest BCUT2D eigenvalue weighted by Crippen LogP contribution is -2.19. The zero-order chi connectivity index (χ0) is 19.6. The van der Waals surface area contributed by atoms with Gasteiger partial charge >= 0.3 is 5.69 Å². The molecule has 0 aliphatic carbocycles. The van der Waals surface area contributed by atoms with Gasteiger partial charge in [-0.2, -0.15) is 10.2 Å². The normalized spacial score (nSPS) is 10.8. The number of halogens is 1. The summed E-state index contributed by atoms with van der Waals surface area (Å²) in [5.41, 5.74) is 1.91. The number of aromatic nitrogens is 4. The molecule has 2 heterocycles. The molecule has 3 aromatic rings. The van der Waals surface area contributed by atoms with Crippen molar-refractivity contribution in [2.45, 2.75) is 26.9 Å². The first-order chi connectivity index (χ1) is 12.8. The van der Waals surface area contributed by atoms with Gasteiger partial charge in [0.05, 0.1) is 11.5 Å². The smallest absolute Gasteiger partial charge is 0.308 e. The summed E-state index contributed by atoms with van der Waals surface area (Å²) in [7, 11) is 0. The van der Waals surface area contributed by atoms with Crippen molar-refractivity contribution in [1.82, 2.24) is 19.6 Å². The first-order valence-electron chi connectivity index (χ1n) is 8.09. The van der Waals surface area contributed by atoms with Crippen molar-refractivity contribution in [2.75, 3.05) is 5.32 Å². The van der Waals surface area contributed by atoms with Crippen LogP contribution in [0.1, 0.15) is 17.0 Å². The van der Waals surface area contributed by atoms with Crippen LogP contribution in [0.15, 0.2) is 36.5 Å². The second-order valence-electron chi connectivity index (χ2n) is 6.02. The SMILES string of the molecule is Cc1nn(CC(=O)Nc2cc(C)n(Cc3ccccc3Cl)n2)cc1[N+](=O)[O-]. The fourth-order valence-electron chi connectivity index (χ4n) is 2.62. The lowest BCUT2D eigenvalue weighted by Gasteiger charge is -2.06. The summed E-state index contributed by atoms with van der Waals surface area (Å²) < 4.78 is 2.97. The van der Waals surface area contributed by atoms with Crippen LogP contribution >= 0.6 is 11.6 Å². The van der Waals surface area contributed by atoms with Crippen molar-refractivity contribution in [2.24, 2.45) is 0 Å². The van der Waals surface area contributed by atoms with Crippen molar-refractivity contribution < 1.29 is 9.72 Å². The van der Waals surface area contributed by atoms with E-state index in [9.17, 15) is 14.9 Å². The standard InChI is InChI=1S/C17H17ClN6O3/c1-11-7-16(21-23(11)8-13-5-3-4-6-14(13)18)19-17(25)10-22-9-15(24(26)27)12(2)20-22/h3-7,9H,8,10H2,1-2H3,(H,19,21,25). The monoisotopic (exact) mass is 388 g/mol. The Hall–Kier alpha value is -3.20. The number of hydrogen-bond acceptors (Lipinski definition) is 5. The number of benzene rings is 1. The van der Waals surface area contributed by atoms with Gasteiger partial charge in [0, 0.05) is 16.8 Å². The molecular weight excluding hydrogens is 372 g/mol. The second kappa shape index (κ2) is 7.58. The molecule has 0 saturated carbocycles. The van der Waals surface area contributed by atoms with E-state index in [2.05, 4.69) is 15.5 Å². The molecule has 27 heavy (non-hydrogen) atoms. The summed E-state index contributed by atoms with van der Waals surface area (Å²) in [5.74, 6) is 0.0118. The first-order valence-corrected chi connectivity index (χ1v) is 8.47. The van der Waals surface area contributed by atoms with Crippen molar-refractivity contribution in [3.05, 3.63) is 68.6 Å². The first kappa shape index (κ1) is 18.6. The third-order valence-corrected chi connectivity index (χ3v) is 4.32. The highest BCUT2D eigenvalue weighted by atomic mass is 35.5. The van der Waals surface area contributed by atoms with Crippen molar-refractivity contribution >= 4 is 29.0 Å². The number of carbonyl (C=O) groups is 1. The maximum absolute atomic E-state index is 12.2. The molecule has 0 spiro atoms. The average Bonchev–Trinajstić information content (AvgIpc) is 3.12. The van der Waals surface area contributed by atoms with Gasteiger partial charge in [-0.15, -0.1) is 0 Å². The van der Waals surface area contributed by atoms with Crippen molar-refractivity contribution in [1.29, 1.82) is 0 Å². The highest BCUT2D eigenvalue weighted by molar-refractivity contribution is 6.31. The average molecular weight is 389 g/mol. The van der Waals surface area contributed by atoms with Crippen LogP contribution in [-0.2, 0) is 17.9 Å². The highest BCUT2D eigenvalue weighted by Gasteiger charge is 2.17. The van der Waals surface area contributed by atoms with Gasteiger partial charge in [-0.3, -0.25) is 24.3 Å². The predicted molar refractivity (Wildman–Crippen MR) is 99.8 cm³/mol. The Balaban J connectivity index is 1.67. The van der Waals surface area contributed by atoms with Crippen molar-refractivity contribution in [3.8, 4) is 0 Å². The molecule has 9 nitrogen and oxygen atoms in total. The Morgan fingerprint density at radius 3 is 2.70 bits per heavy atom. The van der Waals surface area contributed by atoms with Gasteiger partial charge in [-0.25, -0.2) is 0 Å². The number of nitrogens with zero attached hydrogens (tertiary/aromatic N) is 5. The summed E-state index contributed by atoms with van der Waals surface area (Å²) in [5, 5.41) is 22.5. The zero-order valence-electron chi connectivity index (χ0n) is 14.7. The quantitative estimate of drug-likeness (QED) is 0.516. The lowest BCUT2D eigenvalue weighted by molar-refractivity contribution is -0.385. The molecule has 1 N–H and O–H groups in total. The molecule has 3 rings (SSSR count). The van der Waals surface area contributed by atoms with Gasteiger partial charge in [0.15, 0.2) is 5.82 Å². The van der Waals surface area contributed by atoms with Gasteiger partial charge in [0.1, 0.15) is 18.4 Å². The van der Waals surface area contributed by atoms with Crippen LogP contribution in [0.25, 0.3) is 0 Å². The maximum Gasteiger partial charge on any atom is 0.309 e. The minimum absolute atomic E-state index is 0.123. The van der Waals surface area contributed by atoms with E-state index in [-0.39, 0.29) is 23.8 Å². The predicted octanol–water partition coefficient (Wildman–Crippen LogP) is 2.95. The summed E-state index contributed by atoms with van der Waals surface area (Å²) in [6.45, 7) is 3.73. The molecule has 0 aliphatic heterocycles. The minimum atomic E-state index is -0.531. The number of rotatable bonds is 6. The number of nitro groups is 1. The van der Waals surface area contributed by atoms with Gasteiger partial charge in [0.25, 0.3) is 0 Å². The molecule has 0 saturated heterocycles. The van der Waals surface area contributed by atoms with Crippen LogP contribution in [0.4, 0.5) is 11.5 Å². The number of hydrogen-bond donors (Lipinski definition) is 1. The number of amides is 1. The number of aryl methyl sites for hydroxylation is 2. The molecule has 0 atom stereocenters. The van der Waals surface area contributed by atoms with Crippen LogP contribution in [0.3, 0.4) is 0 Å². The largest absolute Gasteiger partial charge is 0.309 e. The summed E-state index contributed by atoms with van der Waals surface area (Å²) in [6, 6.07) is 9.21. The van der Waals surface area contributed by atoms with E-state index in [0.717, 1.165) is 11.3 Å². The fraction of sp³-hybridized carbons (Fsp3) is 0.235. The minimum Gasteiger partial charge on any atom is -0.308 e. The summed E-state index contributed by atoms with van der Waals surface area (Å²) in [6.07, 6.45) is 1.23. The van der Waals surface area contributed by atoms with E-state index in [0.29, 0.717) is 17.4 Å². The Kier molecular flexibility index (Phi) is 5.22. The maximum atomic E-state index is 12.2. The lowest BCUT2D eigenvalue weighted by atomic mass is 10.2. The third-order valence-electron chi connectivity index (χ3n) is 3.95. The van der Waals surface area contributed by atoms with E-state index in [4.69, 9.17) is 11.6 Å². The molecule has 2 aromatic heterocycles. The number of anilines is 1. The van der Waals surface area contributed by atoms with Crippen LogP contribution in [0.5, 0.6) is 0 Å². The molecule has 0 unspecified atom stereocenters. The molecule has 0 radical (unpaired) electrons.